The van der Waals surface area contributed by atoms with Crippen molar-refractivity contribution in [3.63, 3.8) is 0 Å². The molecule has 0 N–H and O–H groups in total. The molecule has 19 heavy (non-hydrogen) atoms. The summed E-state index contributed by atoms with van der Waals surface area (Å²) in [5.74, 6) is -0.401. The molecule has 0 fully saturated rings. The monoisotopic (exact) mass is 252 g/mol. The number of hydrogen-bond donors (Lipinski definition) is 0. The molecule has 0 saturated heterocycles. The topological polar surface area (TPSA) is 54.0 Å². The van der Waals surface area contributed by atoms with E-state index in [1.807, 2.05) is 0 Å². The predicted molar refractivity (Wildman–Crippen MR) is 67.7 cm³/mol. The molecule has 5 heteroatoms. The van der Waals surface area contributed by atoms with Crippen LogP contribution in [0.1, 0.15) is 5.69 Å². The molecule has 0 aromatic carbocycles. The molecule has 4 nitrogen and oxygen atoms in total. The largest absolute Gasteiger partial charge is 0.300 e. The number of fused-ring (bicyclic) bond motifs is 1. The summed E-state index contributed by atoms with van der Waals surface area (Å²) in [4.78, 5) is 8.25. The lowest BCUT2D eigenvalue weighted by atomic mass is 10.1. The number of nitriles is 1. The molecule has 0 amide bonds. The second-order valence-electron chi connectivity index (χ2n) is 4.03. The molecule has 0 aliphatic heterocycles. The Bertz CT molecular complexity index is 771. The summed E-state index contributed by atoms with van der Waals surface area (Å²) < 4.78 is 15.4. The molecule has 0 spiro atoms. The third-order valence-electron chi connectivity index (χ3n) is 2.90. The summed E-state index contributed by atoms with van der Waals surface area (Å²) >= 11 is 0. The fraction of sp³-hybridized carbons (Fsp3) is 0.0714. The summed E-state index contributed by atoms with van der Waals surface area (Å²) in [5.41, 5.74) is 2.36. The van der Waals surface area contributed by atoms with Gasteiger partial charge in [-0.3, -0.25) is 9.38 Å². The fourth-order valence-electron chi connectivity index (χ4n) is 2.07. The van der Waals surface area contributed by atoms with Crippen LogP contribution in [0, 0.1) is 17.1 Å². The lowest BCUT2D eigenvalue weighted by molar-refractivity contribution is 0.629. The van der Waals surface area contributed by atoms with Crippen molar-refractivity contribution in [2.75, 3.05) is 0 Å². The minimum atomic E-state index is -0.401. The van der Waals surface area contributed by atoms with E-state index in [-0.39, 0.29) is 12.1 Å². The van der Waals surface area contributed by atoms with Gasteiger partial charge < -0.3 is 0 Å². The van der Waals surface area contributed by atoms with Crippen LogP contribution >= 0.6 is 0 Å². The number of rotatable bonds is 2. The zero-order chi connectivity index (χ0) is 13.2. The van der Waals surface area contributed by atoms with Gasteiger partial charge in [-0.1, -0.05) is 0 Å². The zero-order valence-electron chi connectivity index (χ0n) is 9.92. The van der Waals surface area contributed by atoms with Crippen LogP contribution < -0.4 is 0 Å². The lowest BCUT2D eigenvalue weighted by Crippen LogP contribution is -1.94. The van der Waals surface area contributed by atoms with Crippen molar-refractivity contribution in [2.45, 2.75) is 6.42 Å². The van der Waals surface area contributed by atoms with Gasteiger partial charge in [-0.05, 0) is 24.3 Å². The Labute approximate surface area is 108 Å². The maximum absolute atomic E-state index is 13.8. The molecule has 3 rings (SSSR count). The first kappa shape index (κ1) is 11.4. The van der Waals surface area contributed by atoms with E-state index in [4.69, 9.17) is 5.26 Å². The van der Waals surface area contributed by atoms with Crippen LogP contribution in [0.25, 0.3) is 16.9 Å². The Balaban J connectivity index is 2.33. The Morgan fingerprint density at radius 2 is 2.05 bits per heavy atom. The fourth-order valence-corrected chi connectivity index (χ4v) is 2.07. The molecule has 3 aromatic rings. The van der Waals surface area contributed by atoms with Crippen molar-refractivity contribution in [1.82, 2.24) is 14.4 Å². The van der Waals surface area contributed by atoms with E-state index in [1.165, 1.54) is 6.07 Å². The van der Waals surface area contributed by atoms with Crippen LogP contribution in [0.15, 0.2) is 42.9 Å². The summed E-state index contributed by atoms with van der Waals surface area (Å²) in [6, 6.07) is 8.63. The molecule has 3 aromatic heterocycles. The average Bonchev–Trinajstić information content (AvgIpc) is 2.81. The SMILES string of the molecule is N#CCc1c(-c2ccncc2)nc2c(F)cccn12. The first-order chi connectivity index (χ1) is 9.31. The minimum Gasteiger partial charge on any atom is -0.300 e. The van der Waals surface area contributed by atoms with Crippen LogP contribution in [-0.4, -0.2) is 14.4 Å². The number of halogens is 1. The van der Waals surface area contributed by atoms with E-state index in [1.54, 1.807) is 41.2 Å². The van der Waals surface area contributed by atoms with E-state index in [9.17, 15) is 4.39 Å². The Hall–Kier alpha value is -2.74. The number of hydrogen-bond acceptors (Lipinski definition) is 3. The van der Waals surface area contributed by atoms with Gasteiger partial charge in [-0.15, -0.1) is 0 Å². The highest BCUT2D eigenvalue weighted by atomic mass is 19.1. The van der Waals surface area contributed by atoms with Crippen molar-refractivity contribution >= 4 is 5.65 Å². The minimum absolute atomic E-state index is 0.169. The van der Waals surface area contributed by atoms with E-state index < -0.39 is 5.82 Å². The molecule has 3 heterocycles. The van der Waals surface area contributed by atoms with Crippen LogP contribution in [-0.2, 0) is 6.42 Å². The average molecular weight is 252 g/mol. The maximum atomic E-state index is 13.8. The van der Waals surface area contributed by atoms with Gasteiger partial charge in [0, 0.05) is 24.2 Å². The van der Waals surface area contributed by atoms with E-state index in [0.29, 0.717) is 11.4 Å². The summed E-state index contributed by atoms with van der Waals surface area (Å²) in [6.07, 6.45) is 5.17. The first-order valence-corrected chi connectivity index (χ1v) is 5.74. The number of imidazole rings is 1. The van der Waals surface area contributed by atoms with E-state index in [0.717, 1.165) is 5.56 Å². The highest BCUT2D eigenvalue weighted by Crippen LogP contribution is 2.25. The predicted octanol–water partition coefficient (Wildman–Crippen LogP) is 2.60. The standard InChI is InChI=1S/C14H9FN4/c15-11-2-1-9-19-12(3-6-16)13(18-14(11)19)10-4-7-17-8-5-10/h1-2,4-5,7-9H,3H2. The summed E-state index contributed by atoms with van der Waals surface area (Å²) in [6.45, 7) is 0. The molecule has 0 aliphatic carbocycles. The van der Waals surface area contributed by atoms with E-state index in [2.05, 4.69) is 16.0 Å². The molecule has 0 saturated carbocycles. The smallest absolute Gasteiger partial charge is 0.174 e. The summed E-state index contributed by atoms with van der Waals surface area (Å²) in [5, 5.41) is 8.94. The number of nitrogens with zero attached hydrogens (tertiary/aromatic N) is 4. The summed E-state index contributed by atoms with van der Waals surface area (Å²) in [7, 11) is 0. The van der Waals surface area contributed by atoms with Gasteiger partial charge in [0.1, 0.15) is 0 Å². The quantitative estimate of drug-likeness (QED) is 0.704. The molecule has 92 valence electrons. The van der Waals surface area contributed by atoms with Crippen LogP contribution in [0.4, 0.5) is 4.39 Å². The lowest BCUT2D eigenvalue weighted by Gasteiger charge is -2.00. The van der Waals surface area contributed by atoms with Crippen molar-refractivity contribution in [3.05, 3.63) is 54.4 Å². The Morgan fingerprint density at radius 3 is 2.79 bits per heavy atom. The molecular weight excluding hydrogens is 243 g/mol. The first-order valence-electron chi connectivity index (χ1n) is 5.74. The van der Waals surface area contributed by atoms with Crippen molar-refractivity contribution in [2.24, 2.45) is 0 Å². The molecule has 0 atom stereocenters. The zero-order valence-corrected chi connectivity index (χ0v) is 9.92. The maximum Gasteiger partial charge on any atom is 0.174 e. The third-order valence-corrected chi connectivity index (χ3v) is 2.90. The van der Waals surface area contributed by atoms with Gasteiger partial charge in [0.15, 0.2) is 11.5 Å². The van der Waals surface area contributed by atoms with Gasteiger partial charge in [0.2, 0.25) is 0 Å². The second kappa shape index (κ2) is 4.50. The highest BCUT2D eigenvalue weighted by molar-refractivity contribution is 5.66. The van der Waals surface area contributed by atoms with E-state index >= 15 is 0 Å². The molecule has 0 unspecified atom stereocenters. The number of aromatic nitrogens is 3. The third kappa shape index (κ3) is 1.83. The van der Waals surface area contributed by atoms with Gasteiger partial charge >= 0.3 is 0 Å². The van der Waals surface area contributed by atoms with Crippen LogP contribution in [0.5, 0.6) is 0 Å². The Morgan fingerprint density at radius 1 is 1.26 bits per heavy atom. The van der Waals surface area contributed by atoms with Crippen molar-refractivity contribution in [3.8, 4) is 17.3 Å². The van der Waals surface area contributed by atoms with Gasteiger partial charge in [-0.25, -0.2) is 9.37 Å². The second-order valence-corrected chi connectivity index (χ2v) is 4.03. The van der Waals surface area contributed by atoms with Crippen LogP contribution in [0.2, 0.25) is 0 Å². The molecule has 0 aliphatic rings. The van der Waals surface area contributed by atoms with Gasteiger partial charge in [-0.2, -0.15) is 5.26 Å². The normalized spacial score (nSPS) is 10.5. The molecular formula is C14H9FN4. The van der Waals surface area contributed by atoms with Gasteiger partial charge in [0.25, 0.3) is 0 Å². The molecule has 0 radical (unpaired) electrons. The Kier molecular flexibility index (Phi) is 2.69. The van der Waals surface area contributed by atoms with Crippen molar-refractivity contribution < 1.29 is 4.39 Å². The van der Waals surface area contributed by atoms with Gasteiger partial charge in [0.05, 0.1) is 23.9 Å². The van der Waals surface area contributed by atoms with Crippen molar-refractivity contribution in [1.29, 1.82) is 5.26 Å². The van der Waals surface area contributed by atoms with Crippen LogP contribution in [0.3, 0.4) is 0 Å². The molecule has 0 bridgehead atoms. The number of pyridine rings is 2. The highest BCUT2D eigenvalue weighted by Gasteiger charge is 2.15.